The standard InChI is InChI=1S/C12H28N2S/c1-11(9-15-5)14(4)8-6-7-12(2,3)10-13/h11H,6-10,13H2,1-5H3. The minimum absolute atomic E-state index is 0.309. The van der Waals surface area contributed by atoms with Gasteiger partial charge in [0.1, 0.15) is 0 Å². The molecule has 0 aromatic heterocycles. The molecule has 0 aromatic carbocycles. The van der Waals surface area contributed by atoms with E-state index in [4.69, 9.17) is 5.73 Å². The Balaban J connectivity index is 3.67. The Morgan fingerprint density at radius 3 is 2.47 bits per heavy atom. The lowest BCUT2D eigenvalue weighted by Crippen LogP contribution is -2.33. The number of hydrogen-bond acceptors (Lipinski definition) is 3. The highest BCUT2D eigenvalue weighted by atomic mass is 32.2. The van der Waals surface area contributed by atoms with Gasteiger partial charge in [0.05, 0.1) is 0 Å². The van der Waals surface area contributed by atoms with Gasteiger partial charge in [0.2, 0.25) is 0 Å². The van der Waals surface area contributed by atoms with E-state index in [9.17, 15) is 0 Å². The zero-order valence-electron chi connectivity index (χ0n) is 11.0. The van der Waals surface area contributed by atoms with Crippen LogP contribution in [0.15, 0.2) is 0 Å². The van der Waals surface area contributed by atoms with Crippen LogP contribution in [0, 0.1) is 5.41 Å². The van der Waals surface area contributed by atoms with Crippen LogP contribution in [0.3, 0.4) is 0 Å². The predicted octanol–water partition coefficient (Wildman–Crippen LogP) is 2.43. The molecule has 0 amide bonds. The molecule has 1 atom stereocenters. The van der Waals surface area contributed by atoms with Gasteiger partial charge in [-0.1, -0.05) is 13.8 Å². The smallest absolute Gasteiger partial charge is 0.0154 e. The number of nitrogens with two attached hydrogens (primary N) is 1. The van der Waals surface area contributed by atoms with E-state index in [2.05, 4.69) is 39.0 Å². The Morgan fingerprint density at radius 1 is 1.40 bits per heavy atom. The van der Waals surface area contributed by atoms with Crippen molar-refractivity contribution in [2.75, 3.05) is 32.1 Å². The van der Waals surface area contributed by atoms with E-state index in [0.29, 0.717) is 11.5 Å². The van der Waals surface area contributed by atoms with Crippen LogP contribution in [0.1, 0.15) is 33.6 Å². The SMILES string of the molecule is CSCC(C)N(C)CCCC(C)(C)CN. The minimum atomic E-state index is 0.309. The molecule has 0 aliphatic heterocycles. The summed E-state index contributed by atoms with van der Waals surface area (Å²) in [5, 5.41) is 0. The molecule has 0 bridgehead atoms. The summed E-state index contributed by atoms with van der Waals surface area (Å²) in [6.07, 6.45) is 4.64. The van der Waals surface area contributed by atoms with E-state index in [0.717, 1.165) is 6.54 Å². The molecule has 0 aliphatic rings. The molecule has 3 heteroatoms. The lowest BCUT2D eigenvalue weighted by atomic mass is 9.88. The van der Waals surface area contributed by atoms with Gasteiger partial charge in [0.15, 0.2) is 0 Å². The van der Waals surface area contributed by atoms with E-state index in [1.165, 1.54) is 25.1 Å². The zero-order chi connectivity index (χ0) is 11.9. The average molecular weight is 232 g/mol. The third-order valence-corrected chi connectivity index (χ3v) is 3.89. The van der Waals surface area contributed by atoms with Crippen LogP contribution in [0.25, 0.3) is 0 Å². The van der Waals surface area contributed by atoms with Gasteiger partial charge < -0.3 is 10.6 Å². The van der Waals surface area contributed by atoms with Crippen LogP contribution >= 0.6 is 11.8 Å². The average Bonchev–Trinajstić information content (AvgIpc) is 2.18. The Kier molecular flexibility index (Phi) is 7.66. The van der Waals surface area contributed by atoms with Crippen molar-refractivity contribution in [1.82, 2.24) is 4.90 Å². The lowest BCUT2D eigenvalue weighted by molar-refractivity contribution is 0.245. The number of hydrogen-bond donors (Lipinski definition) is 1. The lowest BCUT2D eigenvalue weighted by Gasteiger charge is -2.27. The van der Waals surface area contributed by atoms with Crippen molar-refractivity contribution in [3.05, 3.63) is 0 Å². The first-order valence-electron chi connectivity index (χ1n) is 5.82. The van der Waals surface area contributed by atoms with Crippen LogP contribution in [0.2, 0.25) is 0 Å². The highest BCUT2D eigenvalue weighted by molar-refractivity contribution is 7.98. The maximum atomic E-state index is 5.71. The molecule has 0 saturated heterocycles. The van der Waals surface area contributed by atoms with E-state index >= 15 is 0 Å². The van der Waals surface area contributed by atoms with Gasteiger partial charge in [0, 0.05) is 11.8 Å². The first kappa shape index (κ1) is 15.3. The summed E-state index contributed by atoms with van der Waals surface area (Å²) in [7, 11) is 2.22. The van der Waals surface area contributed by atoms with Gasteiger partial charge in [-0.15, -0.1) is 0 Å². The summed E-state index contributed by atoms with van der Waals surface area (Å²) in [6, 6.07) is 0.681. The summed E-state index contributed by atoms with van der Waals surface area (Å²) in [5.74, 6) is 1.22. The minimum Gasteiger partial charge on any atom is -0.330 e. The highest BCUT2D eigenvalue weighted by Crippen LogP contribution is 2.20. The molecular weight excluding hydrogens is 204 g/mol. The molecule has 0 radical (unpaired) electrons. The van der Waals surface area contributed by atoms with Crippen LogP contribution in [-0.2, 0) is 0 Å². The Labute approximate surface area is 100.0 Å². The van der Waals surface area contributed by atoms with Crippen molar-refractivity contribution in [3.63, 3.8) is 0 Å². The van der Waals surface area contributed by atoms with Gasteiger partial charge in [-0.25, -0.2) is 0 Å². The predicted molar refractivity (Wildman–Crippen MR) is 72.5 cm³/mol. The Bertz CT molecular complexity index is 160. The monoisotopic (exact) mass is 232 g/mol. The molecule has 2 N–H and O–H groups in total. The topological polar surface area (TPSA) is 29.3 Å². The molecule has 0 fully saturated rings. The number of rotatable bonds is 8. The molecule has 2 nitrogen and oxygen atoms in total. The maximum Gasteiger partial charge on any atom is 0.0154 e. The first-order valence-corrected chi connectivity index (χ1v) is 7.21. The highest BCUT2D eigenvalue weighted by Gasteiger charge is 2.16. The molecule has 92 valence electrons. The fourth-order valence-corrected chi connectivity index (χ4v) is 2.23. The number of thioether (sulfide) groups is 1. The van der Waals surface area contributed by atoms with Gasteiger partial charge in [-0.2, -0.15) is 11.8 Å². The second-order valence-electron chi connectivity index (χ2n) is 5.26. The van der Waals surface area contributed by atoms with E-state index < -0.39 is 0 Å². The summed E-state index contributed by atoms with van der Waals surface area (Å²) in [4.78, 5) is 2.45. The summed E-state index contributed by atoms with van der Waals surface area (Å²) in [6.45, 7) is 8.77. The second kappa shape index (κ2) is 7.53. The van der Waals surface area contributed by atoms with Crippen molar-refractivity contribution in [2.24, 2.45) is 11.1 Å². The molecule has 0 saturated carbocycles. The maximum absolute atomic E-state index is 5.71. The van der Waals surface area contributed by atoms with E-state index in [-0.39, 0.29) is 0 Å². The molecule has 1 unspecified atom stereocenters. The van der Waals surface area contributed by atoms with Crippen molar-refractivity contribution < 1.29 is 0 Å². The van der Waals surface area contributed by atoms with Gasteiger partial charge in [0.25, 0.3) is 0 Å². The van der Waals surface area contributed by atoms with Crippen LogP contribution < -0.4 is 5.73 Å². The van der Waals surface area contributed by atoms with E-state index in [1.807, 2.05) is 11.8 Å². The zero-order valence-corrected chi connectivity index (χ0v) is 11.9. The Hall–Kier alpha value is 0.270. The van der Waals surface area contributed by atoms with Gasteiger partial charge in [-0.05, 0) is 51.6 Å². The largest absolute Gasteiger partial charge is 0.330 e. The molecule has 15 heavy (non-hydrogen) atoms. The molecule has 0 aromatic rings. The summed E-state index contributed by atoms with van der Waals surface area (Å²) >= 11 is 1.92. The van der Waals surface area contributed by atoms with Crippen molar-refractivity contribution >= 4 is 11.8 Å². The fourth-order valence-electron chi connectivity index (χ4n) is 1.50. The molecular formula is C12H28N2S. The van der Waals surface area contributed by atoms with Gasteiger partial charge >= 0.3 is 0 Å². The summed E-state index contributed by atoms with van der Waals surface area (Å²) < 4.78 is 0. The third-order valence-electron chi connectivity index (χ3n) is 3.08. The third kappa shape index (κ3) is 7.20. The molecule has 0 heterocycles. The van der Waals surface area contributed by atoms with Crippen molar-refractivity contribution in [3.8, 4) is 0 Å². The fraction of sp³-hybridized carbons (Fsp3) is 1.00. The van der Waals surface area contributed by atoms with Crippen LogP contribution in [0.4, 0.5) is 0 Å². The number of nitrogens with zero attached hydrogens (tertiary/aromatic N) is 1. The first-order chi connectivity index (χ1) is 6.93. The Morgan fingerprint density at radius 2 is 2.00 bits per heavy atom. The summed E-state index contributed by atoms with van der Waals surface area (Å²) in [5.41, 5.74) is 6.02. The second-order valence-corrected chi connectivity index (χ2v) is 6.17. The van der Waals surface area contributed by atoms with Crippen molar-refractivity contribution in [2.45, 2.75) is 39.7 Å². The van der Waals surface area contributed by atoms with Gasteiger partial charge in [-0.3, -0.25) is 0 Å². The quantitative estimate of drug-likeness (QED) is 0.697. The van der Waals surface area contributed by atoms with Crippen LogP contribution in [-0.4, -0.2) is 43.1 Å². The normalized spacial score (nSPS) is 14.6. The van der Waals surface area contributed by atoms with Crippen molar-refractivity contribution in [1.29, 1.82) is 0 Å². The molecule has 0 rings (SSSR count). The van der Waals surface area contributed by atoms with Crippen LogP contribution in [0.5, 0.6) is 0 Å². The molecule has 0 spiro atoms. The molecule has 0 aliphatic carbocycles. The van der Waals surface area contributed by atoms with E-state index in [1.54, 1.807) is 0 Å².